The summed E-state index contributed by atoms with van der Waals surface area (Å²) in [5.41, 5.74) is 5.35. The smallest absolute Gasteiger partial charge is 0.262 e. The molecule has 0 saturated heterocycles. The number of para-hydroxylation sites is 1. The zero-order valence-electron chi connectivity index (χ0n) is 15.6. The molecule has 0 aliphatic heterocycles. The second-order valence-electron chi connectivity index (χ2n) is 6.41. The Bertz CT molecular complexity index is 949. The molecular formula is C21H22ClN3O2. The van der Waals surface area contributed by atoms with Gasteiger partial charge in [-0.25, -0.2) is 0 Å². The van der Waals surface area contributed by atoms with Gasteiger partial charge in [0.25, 0.3) is 5.91 Å². The van der Waals surface area contributed by atoms with Crippen molar-refractivity contribution in [2.24, 2.45) is 7.05 Å². The van der Waals surface area contributed by atoms with Crippen LogP contribution >= 0.6 is 11.6 Å². The van der Waals surface area contributed by atoms with Crippen LogP contribution in [0.2, 0.25) is 5.02 Å². The van der Waals surface area contributed by atoms with Gasteiger partial charge in [-0.05, 0) is 43.7 Å². The number of carbonyl (C=O) groups excluding carboxylic acids is 1. The SMILES string of the molecule is Cc1nn(C)c(C)c1Cc1ccc(NC(=O)COc2ccccc2Cl)cc1. The van der Waals surface area contributed by atoms with Gasteiger partial charge in [0.2, 0.25) is 0 Å². The first-order valence-corrected chi connectivity index (χ1v) is 9.07. The lowest BCUT2D eigenvalue weighted by Gasteiger charge is -2.09. The average Bonchev–Trinajstić information content (AvgIpc) is 2.89. The van der Waals surface area contributed by atoms with Crippen LogP contribution in [-0.2, 0) is 18.3 Å². The van der Waals surface area contributed by atoms with E-state index in [4.69, 9.17) is 16.3 Å². The number of hydrogen-bond acceptors (Lipinski definition) is 3. The van der Waals surface area contributed by atoms with Crippen molar-refractivity contribution in [3.05, 3.63) is 76.1 Å². The fraction of sp³-hybridized carbons (Fsp3) is 0.238. The molecule has 3 aromatic rings. The highest BCUT2D eigenvalue weighted by Crippen LogP contribution is 2.23. The molecule has 0 atom stereocenters. The molecular weight excluding hydrogens is 362 g/mol. The van der Waals surface area contributed by atoms with Crippen LogP contribution in [0, 0.1) is 13.8 Å². The Kier molecular flexibility index (Phi) is 5.81. The van der Waals surface area contributed by atoms with Gasteiger partial charge in [0.1, 0.15) is 5.75 Å². The molecule has 1 N–H and O–H groups in total. The van der Waals surface area contributed by atoms with Crippen LogP contribution in [0.15, 0.2) is 48.5 Å². The molecule has 140 valence electrons. The summed E-state index contributed by atoms with van der Waals surface area (Å²) in [5.74, 6) is 0.258. The van der Waals surface area contributed by atoms with Crippen molar-refractivity contribution in [1.29, 1.82) is 0 Å². The molecule has 0 aliphatic carbocycles. The number of hydrogen-bond donors (Lipinski definition) is 1. The summed E-state index contributed by atoms with van der Waals surface area (Å²) in [4.78, 5) is 12.1. The lowest BCUT2D eigenvalue weighted by Crippen LogP contribution is -2.20. The van der Waals surface area contributed by atoms with Gasteiger partial charge >= 0.3 is 0 Å². The summed E-state index contributed by atoms with van der Waals surface area (Å²) in [5, 5.41) is 7.76. The van der Waals surface area contributed by atoms with Crippen LogP contribution in [0.25, 0.3) is 0 Å². The number of benzene rings is 2. The summed E-state index contributed by atoms with van der Waals surface area (Å²) >= 11 is 6.01. The number of nitrogens with zero attached hydrogens (tertiary/aromatic N) is 2. The summed E-state index contributed by atoms with van der Waals surface area (Å²) in [6.45, 7) is 4.00. The molecule has 5 nitrogen and oxygen atoms in total. The third kappa shape index (κ3) is 4.68. The van der Waals surface area contributed by atoms with E-state index < -0.39 is 0 Å². The van der Waals surface area contributed by atoms with Gasteiger partial charge in [-0.2, -0.15) is 5.10 Å². The first-order valence-electron chi connectivity index (χ1n) is 8.69. The fourth-order valence-electron chi connectivity index (χ4n) is 2.89. The molecule has 27 heavy (non-hydrogen) atoms. The number of carbonyl (C=O) groups is 1. The molecule has 0 fully saturated rings. The van der Waals surface area contributed by atoms with Gasteiger partial charge < -0.3 is 10.1 Å². The normalized spacial score (nSPS) is 10.7. The van der Waals surface area contributed by atoms with E-state index >= 15 is 0 Å². The molecule has 1 heterocycles. The maximum Gasteiger partial charge on any atom is 0.262 e. The van der Waals surface area contributed by atoms with E-state index in [-0.39, 0.29) is 12.5 Å². The number of aryl methyl sites for hydroxylation is 2. The third-order valence-electron chi connectivity index (χ3n) is 4.47. The lowest BCUT2D eigenvalue weighted by molar-refractivity contribution is -0.118. The maximum atomic E-state index is 12.1. The average molecular weight is 384 g/mol. The van der Waals surface area contributed by atoms with E-state index in [1.807, 2.05) is 55.1 Å². The Morgan fingerprint density at radius 3 is 2.48 bits per heavy atom. The van der Waals surface area contributed by atoms with Gasteiger partial charge in [0.05, 0.1) is 10.7 Å². The van der Waals surface area contributed by atoms with Gasteiger partial charge in [0, 0.05) is 30.4 Å². The minimum atomic E-state index is -0.235. The number of nitrogens with one attached hydrogen (secondary N) is 1. The minimum Gasteiger partial charge on any atom is -0.482 e. The predicted molar refractivity (Wildman–Crippen MR) is 108 cm³/mol. The van der Waals surface area contributed by atoms with E-state index in [1.165, 1.54) is 16.8 Å². The van der Waals surface area contributed by atoms with Crippen LogP contribution in [0.5, 0.6) is 5.75 Å². The molecule has 0 unspecified atom stereocenters. The second kappa shape index (κ2) is 8.27. The van der Waals surface area contributed by atoms with Gasteiger partial charge in [-0.3, -0.25) is 9.48 Å². The predicted octanol–water partition coefficient (Wildman–Crippen LogP) is 4.30. The zero-order chi connectivity index (χ0) is 19.4. The van der Waals surface area contributed by atoms with Crippen molar-refractivity contribution in [2.45, 2.75) is 20.3 Å². The molecule has 0 radical (unpaired) electrons. The molecule has 0 saturated carbocycles. The van der Waals surface area contributed by atoms with Crippen LogP contribution in [0.1, 0.15) is 22.5 Å². The summed E-state index contributed by atoms with van der Waals surface area (Å²) < 4.78 is 7.35. The molecule has 1 aromatic heterocycles. The highest BCUT2D eigenvalue weighted by Gasteiger charge is 2.10. The van der Waals surface area contributed by atoms with E-state index in [0.29, 0.717) is 10.8 Å². The van der Waals surface area contributed by atoms with Gasteiger partial charge in [0.15, 0.2) is 6.61 Å². The van der Waals surface area contributed by atoms with Crippen LogP contribution in [0.4, 0.5) is 5.69 Å². The number of amides is 1. The summed E-state index contributed by atoms with van der Waals surface area (Å²) in [7, 11) is 1.95. The number of rotatable bonds is 6. The van der Waals surface area contributed by atoms with E-state index in [2.05, 4.69) is 17.3 Å². The maximum absolute atomic E-state index is 12.1. The van der Waals surface area contributed by atoms with E-state index in [9.17, 15) is 4.79 Å². The Hall–Kier alpha value is -2.79. The summed E-state index contributed by atoms with van der Waals surface area (Å²) in [6, 6.07) is 14.9. The molecule has 0 bridgehead atoms. The largest absolute Gasteiger partial charge is 0.482 e. The summed E-state index contributed by atoms with van der Waals surface area (Å²) in [6.07, 6.45) is 0.815. The molecule has 0 spiro atoms. The highest BCUT2D eigenvalue weighted by molar-refractivity contribution is 6.32. The van der Waals surface area contributed by atoms with Crippen LogP contribution < -0.4 is 10.1 Å². The van der Waals surface area contributed by atoms with E-state index in [0.717, 1.165) is 17.8 Å². The molecule has 1 amide bonds. The second-order valence-corrected chi connectivity index (χ2v) is 6.82. The quantitative estimate of drug-likeness (QED) is 0.690. The number of aromatic nitrogens is 2. The van der Waals surface area contributed by atoms with Gasteiger partial charge in [-0.1, -0.05) is 35.9 Å². The third-order valence-corrected chi connectivity index (χ3v) is 4.79. The van der Waals surface area contributed by atoms with Crippen molar-refractivity contribution in [3.63, 3.8) is 0 Å². The van der Waals surface area contributed by atoms with Crippen molar-refractivity contribution < 1.29 is 9.53 Å². The molecule has 6 heteroatoms. The number of halogens is 1. The fourth-order valence-corrected chi connectivity index (χ4v) is 3.08. The Balaban J connectivity index is 1.57. The van der Waals surface area contributed by atoms with Crippen molar-refractivity contribution in [1.82, 2.24) is 9.78 Å². The van der Waals surface area contributed by atoms with Crippen molar-refractivity contribution in [2.75, 3.05) is 11.9 Å². The van der Waals surface area contributed by atoms with Crippen LogP contribution in [-0.4, -0.2) is 22.3 Å². The molecule has 3 rings (SSSR count). The molecule has 2 aromatic carbocycles. The number of ether oxygens (including phenoxy) is 1. The first kappa shape index (κ1) is 19.0. The van der Waals surface area contributed by atoms with Crippen molar-refractivity contribution >= 4 is 23.2 Å². The topological polar surface area (TPSA) is 56.2 Å². The zero-order valence-corrected chi connectivity index (χ0v) is 16.4. The highest BCUT2D eigenvalue weighted by atomic mass is 35.5. The Labute approximate surface area is 163 Å². The Morgan fingerprint density at radius 1 is 1.15 bits per heavy atom. The Morgan fingerprint density at radius 2 is 1.85 bits per heavy atom. The van der Waals surface area contributed by atoms with Gasteiger partial charge in [-0.15, -0.1) is 0 Å². The van der Waals surface area contributed by atoms with Crippen molar-refractivity contribution in [3.8, 4) is 5.75 Å². The lowest BCUT2D eigenvalue weighted by atomic mass is 10.0. The van der Waals surface area contributed by atoms with Crippen LogP contribution in [0.3, 0.4) is 0 Å². The standard InChI is InChI=1S/C21H22ClN3O2/c1-14-18(15(2)25(3)24-14)12-16-8-10-17(11-9-16)23-21(26)13-27-20-7-5-4-6-19(20)22/h4-11H,12-13H2,1-3H3,(H,23,26). The number of anilines is 1. The monoisotopic (exact) mass is 383 g/mol. The first-order chi connectivity index (χ1) is 12.9. The minimum absolute atomic E-state index is 0.0977. The molecule has 0 aliphatic rings. The van der Waals surface area contributed by atoms with E-state index in [1.54, 1.807) is 12.1 Å².